The van der Waals surface area contributed by atoms with Crippen LogP contribution in [-0.4, -0.2) is 41.3 Å². The van der Waals surface area contributed by atoms with Gasteiger partial charge in [0.2, 0.25) is 0 Å². The van der Waals surface area contributed by atoms with Gasteiger partial charge in [-0.1, -0.05) is 26.0 Å². The molecule has 1 N–H and O–H groups in total. The molecular weight excluding hydrogens is 258 g/mol. The molecule has 5 nitrogen and oxygen atoms in total. The molecule has 0 aliphatic heterocycles. The Labute approximate surface area is 118 Å². The molecule has 1 rings (SSSR count). The summed E-state index contributed by atoms with van der Waals surface area (Å²) >= 11 is 0. The highest BCUT2D eigenvalue weighted by Gasteiger charge is 2.18. The minimum atomic E-state index is -0.937. The van der Waals surface area contributed by atoms with Crippen LogP contribution in [0.15, 0.2) is 24.3 Å². The maximum absolute atomic E-state index is 12.1. The molecule has 0 aliphatic rings. The zero-order valence-electron chi connectivity index (χ0n) is 11.9. The van der Waals surface area contributed by atoms with Gasteiger partial charge in [-0.05, 0) is 12.1 Å². The lowest BCUT2D eigenvalue weighted by molar-refractivity contribution is -0.141. The third-order valence-electron chi connectivity index (χ3n) is 3.09. The van der Waals surface area contributed by atoms with E-state index in [9.17, 15) is 14.4 Å². The number of carbonyl (C=O) groups is 3. The highest BCUT2D eigenvalue weighted by atomic mass is 16.4. The van der Waals surface area contributed by atoms with Crippen molar-refractivity contribution in [1.29, 1.82) is 0 Å². The van der Waals surface area contributed by atoms with Crippen molar-refractivity contribution < 1.29 is 19.5 Å². The molecule has 1 aromatic carbocycles. The fraction of sp³-hybridized carbons (Fsp3) is 0.400. The van der Waals surface area contributed by atoms with Crippen LogP contribution in [-0.2, 0) is 4.79 Å². The van der Waals surface area contributed by atoms with E-state index < -0.39 is 11.9 Å². The highest BCUT2D eigenvalue weighted by Crippen LogP contribution is 2.10. The second kappa shape index (κ2) is 6.84. The summed E-state index contributed by atoms with van der Waals surface area (Å²) in [5.41, 5.74) is 1.02. The predicted octanol–water partition coefficient (Wildman–Crippen LogP) is 2.07. The van der Waals surface area contributed by atoms with Crippen LogP contribution in [0, 0.1) is 5.92 Å². The number of carbonyl (C=O) groups excluding carboxylic acids is 2. The Kier molecular flexibility index (Phi) is 5.43. The zero-order valence-corrected chi connectivity index (χ0v) is 11.9. The van der Waals surface area contributed by atoms with E-state index in [2.05, 4.69) is 0 Å². The van der Waals surface area contributed by atoms with E-state index in [1.54, 1.807) is 45.2 Å². The van der Waals surface area contributed by atoms with Crippen LogP contribution in [0.3, 0.4) is 0 Å². The molecule has 0 spiro atoms. The van der Waals surface area contributed by atoms with Gasteiger partial charge in [-0.25, -0.2) is 0 Å². The first-order valence-electron chi connectivity index (χ1n) is 6.48. The van der Waals surface area contributed by atoms with Crippen LogP contribution in [0.2, 0.25) is 0 Å². The van der Waals surface area contributed by atoms with Gasteiger partial charge in [-0.2, -0.15) is 0 Å². The van der Waals surface area contributed by atoms with E-state index in [0.717, 1.165) is 0 Å². The molecule has 20 heavy (non-hydrogen) atoms. The maximum atomic E-state index is 12.1. The Balaban J connectivity index is 2.77. The van der Waals surface area contributed by atoms with Crippen molar-refractivity contribution in [2.24, 2.45) is 5.92 Å². The van der Waals surface area contributed by atoms with Gasteiger partial charge in [-0.15, -0.1) is 0 Å². The Bertz CT molecular complexity index is 507. The minimum absolute atomic E-state index is 0.0249. The van der Waals surface area contributed by atoms with Crippen molar-refractivity contribution in [1.82, 2.24) is 4.90 Å². The number of benzene rings is 1. The SMILES string of the molecule is CCC(=O)c1ccc(C(=O)N(C)CC(C)C(=O)O)cc1. The molecule has 0 fully saturated rings. The number of rotatable bonds is 6. The monoisotopic (exact) mass is 277 g/mol. The van der Waals surface area contributed by atoms with Crippen molar-refractivity contribution in [3.05, 3.63) is 35.4 Å². The number of amides is 1. The van der Waals surface area contributed by atoms with Crippen LogP contribution in [0.4, 0.5) is 0 Å². The van der Waals surface area contributed by atoms with Crippen molar-refractivity contribution >= 4 is 17.7 Å². The van der Waals surface area contributed by atoms with Crippen molar-refractivity contribution in [2.45, 2.75) is 20.3 Å². The quantitative estimate of drug-likeness (QED) is 0.808. The lowest BCUT2D eigenvalue weighted by Crippen LogP contribution is -2.33. The highest BCUT2D eigenvalue weighted by molar-refractivity contribution is 5.98. The van der Waals surface area contributed by atoms with E-state index in [1.807, 2.05) is 0 Å². The Hall–Kier alpha value is -2.17. The number of nitrogens with zero attached hydrogens (tertiary/aromatic N) is 1. The predicted molar refractivity (Wildman–Crippen MR) is 74.8 cm³/mol. The number of carboxylic acids is 1. The normalized spacial score (nSPS) is 11.8. The maximum Gasteiger partial charge on any atom is 0.308 e. The molecule has 0 saturated heterocycles. The first kappa shape index (κ1) is 15.9. The van der Waals surface area contributed by atoms with Gasteiger partial charge in [0.1, 0.15) is 0 Å². The van der Waals surface area contributed by atoms with E-state index >= 15 is 0 Å². The average Bonchev–Trinajstić information content (AvgIpc) is 2.45. The third kappa shape index (κ3) is 3.91. The van der Waals surface area contributed by atoms with Crippen molar-refractivity contribution in [3.63, 3.8) is 0 Å². The number of hydrogen-bond donors (Lipinski definition) is 1. The van der Waals surface area contributed by atoms with Gasteiger partial charge < -0.3 is 10.0 Å². The first-order chi connectivity index (χ1) is 9.36. The number of carboxylic acid groups (broad SMARTS) is 1. The van der Waals surface area contributed by atoms with Gasteiger partial charge in [-0.3, -0.25) is 14.4 Å². The van der Waals surface area contributed by atoms with Crippen LogP contribution >= 0.6 is 0 Å². The molecule has 1 amide bonds. The molecule has 0 aliphatic carbocycles. The Morgan fingerprint density at radius 1 is 1.15 bits per heavy atom. The molecule has 0 saturated carbocycles. The lowest BCUT2D eigenvalue weighted by atomic mass is 10.1. The molecule has 0 radical (unpaired) electrons. The lowest BCUT2D eigenvalue weighted by Gasteiger charge is -2.19. The van der Waals surface area contributed by atoms with Crippen LogP contribution in [0.5, 0.6) is 0 Å². The largest absolute Gasteiger partial charge is 0.481 e. The summed E-state index contributed by atoms with van der Waals surface area (Å²) in [7, 11) is 1.56. The molecule has 1 unspecified atom stereocenters. The minimum Gasteiger partial charge on any atom is -0.481 e. The summed E-state index contributed by atoms with van der Waals surface area (Å²) in [6, 6.07) is 6.42. The summed E-state index contributed by atoms with van der Waals surface area (Å²) in [5, 5.41) is 8.83. The molecule has 1 aromatic rings. The van der Waals surface area contributed by atoms with E-state index in [0.29, 0.717) is 17.5 Å². The number of ketones is 1. The molecular formula is C15H19NO4. The standard InChI is InChI=1S/C15H19NO4/c1-4-13(17)11-5-7-12(8-6-11)14(18)16(3)9-10(2)15(19)20/h5-8,10H,4,9H2,1-3H3,(H,19,20). The van der Waals surface area contributed by atoms with Crippen LogP contribution < -0.4 is 0 Å². The van der Waals surface area contributed by atoms with E-state index in [4.69, 9.17) is 5.11 Å². The smallest absolute Gasteiger partial charge is 0.308 e. The summed E-state index contributed by atoms with van der Waals surface area (Å²) in [4.78, 5) is 35.7. The fourth-order valence-electron chi connectivity index (χ4n) is 1.80. The molecule has 0 aromatic heterocycles. The summed E-state index contributed by atoms with van der Waals surface area (Å²) in [6.07, 6.45) is 0.420. The average molecular weight is 277 g/mol. The van der Waals surface area contributed by atoms with Gasteiger partial charge in [0.05, 0.1) is 5.92 Å². The third-order valence-corrected chi connectivity index (χ3v) is 3.09. The second-order valence-electron chi connectivity index (χ2n) is 4.78. The molecule has 5 heteroatoms. The van der Waals surface area contributed by atoms with E-state index in [1.165, 1.54) is 4.90 Å². The summed E-state index contributed by atoms with van der Waals surface area (Å²) < 4.78 is 0. The number of Topliss-reactive ketones (excluding diaryl/α,β-unsaturated/α-hetero) is 1. The first-order valence-corrected chi connectivity index (χ1v) is 6.48. The molecule has 108 valence electrons. The molecule has 0 bridgehead atoms. The molecule has 1 atom stereocenters. The van der Waals surface area contributed by atoms with Gasteiger partial charge in [0.25, 0.3) is 5.91 Å². The van der Waals surface area contributed by atoms with Crippen molar-refractivity contribution in [2.75, 3.05) is 13.6 Å². The Morgan fingerprint density at radius 3 is 2.10 bits per heavy atom. The Morgan fingerprint density at radius 2 is 1.65 bits per heavy atom. The van der Waals surface area contributed by atoms with Gasteiger partial charge in [0.15, 0.2) is 5.78 Å². The van der Waals surface area contributed by atoms with E-state index in [-0.39, 0.29) is 18.2 Å². The van der Waals surface area contributed by atoms with Crippen LogP contribution in [0.1, 0.15) is 41.0 Å². The van der Waals surface area contributed by atoms with Crippen LogP contribution in [0.25, 0.3) is 0 Å². The zero-order chi connectivity index (χ0) is 15.3. The second-order valence-corrected chi connectivity index (χ2v) is 4.78. The summed E-state index contributed by atoms with van der Waals surface area (Å²) in [5.74, 6) is -1.79. The van der Waals surface area contributed by atoms with Gasteiger partial charge in [0, 0.05) is 31.1 Å². The van der Waals surface area contributed by atoms with Gasteiger partial charge >= 0.3 is 5.97 Å². The van der Waals surface area contributed by atoms with Crippen molar-refractivity contribution in [3.8, 4) is 0 Å². The topological polar surface area (TPSA) is 74.7 Å². The number of aliphatic carboxylic acids is 1. The molecule has 0 heterocycles. The number of hydrogen-bond acceptors (Lipinski definition) is 3. The fourth-order valence-corrected chi connectivity index (χ4v) is 1.80. The summed E-state index contributed by atoms with van der Waals surface area (Å²) in [6.45, 7) is 3.47.